The molecule has 3 heterocycles. The first-order valence-corrected chi connectivity index (χ1v) is 24.8. The Hall–Kier alpha value is -6.26. The molecule has 0 atom stereocenters. The molecule has 0 saturated heterocycles. The molecule has 0 radical (unpaired) electrons. The van der Waals surface area contributed by atoms with Crippen LogP contribution < -0.4 is 41.4 Å². The van der Waals surface area contributed by atoms with Crippen molar-refractivity contribution < 1.29 is 9.30 Å². The molecule has 0 aliphatic carbocycles. The van der Waals surface area contributed by atoms with Gasteiger partial charge in [0.25, 0.3) is 0 Å². The average Bonchev–Trinajstić information content (AvgIpc) is 3.61. The van der Waals surface area contributed by atoms with Gasteiger partial charge in [0.15, 0.2) is 15.2 Å². The van der Waals surface area contributed by atoms with Crippen LogP contribution >= 0.6 is 7.14 Å². The molecule has 7 aromatic carbocycles. The van der Waals surface area contributed by atoms with Crippen molar-refractivity contribution >= 4 is 73.7 Å². The summed E-state index contributed by atoms with van der Waals surface area (Å²) in [5.74, 6) is 2.28. The van der Waals surface area contributed by atoms with Crippen molar-refractivity contribution in [1.82, 2.24) is 9.55 Å². The molecule has 0 N–H and O–H groups in total. The molecule has 10 rings (SSSR count). The van der Waals surface area contributed by atoms with Gasteiger partial charge >= 0.3 is 0 Å². The second-order valence-corrected chi connectivity index (χ2v) is 24.9. The van der Waals surface area contributed by atoms with Gasteiger partial charge in [0.2, 0.25) is 0 Å². The lowest BCUT2D eigenvalue weighted by Crippen LogP contribution is -2.76. The highest BCUT2D eigenvalue weighted by atomic mass is 31.2. The Morgan fingerprint density at radius 3 is 1.64 bits per heavy atom. The van der Waals surface area contributed by atoms with E-state index in [0.29, 0.717) is 11.5 Å². The minimum absolute atomic E-state index is 0.0324. The van der Waals surface area contributed by atoms with E-state index in [1.807, 2.05) is 91.1 Å². The predicted octanol–water partition coefficient (Wildman–Crippen LogP) is 9.90. The first-order chi connectivity index (χ1) is 29.4. The van der Waals surface area contributed by atoms with Gasteiger partial charge in [-0.25, -0.2) is 4.98 Å². The number of pyridine rings is 1. The molecule has 1 aliphatic rings. The maximum absolute atomic E-state index is 15.3. The summed E-state index contributed by atoms with van der Waals surface area (Å²) in [5.41, 5.74) is 4.93. The molecule has 4 nitrogen and oxygen atoms in total. The summed E-state index contributed by atoms with van der Waals surface area (Å²) in [6.45, 7) is 13.7. The Morgan fingerprint density at radius 1 is 0.508 bits per heavy atom. The minimum atomic E-state index is -3.19. The smallest absolute Gasteiger partial charge is 0.186 e. The van der Waals surface area contributed by atoms with Crippen LogP contribution in [-0.2, 0) is 15.4 Å². The maximum Gasteiger partial charge on any atom is 0.186 e. The van der Waals surface area contributed by atoms with Crippen LogP contribution in [0, 0.1) is 0 Å². The third kappa shape index (κ3) is 6.25. The average molecular weight is 829 g/mol. The molecular weight excluding hydrogens is 780 g/mol. The Labute approximate surface area is 359 Å². The predicted molar refractivity (Wildman–Crippen MR) is 259 cm³/mol. The number of fused-ring (bicyclic) bond motifs is 5. The molecule has 0 amide bonds. The van der Waals surface area contributed by atoms with Crippen molar-refractivity contribution in [2.45, 2.75) is 52.4 Å². The van der Waals surface area contributed by atoms with E-state index in [1.54, 1.807) is 0 Å². The summed E-state index contributed by atoms with van der Waals surface area (Å²) in [5, 5.41) is 9.93. The Morgan fingerprint density at radius 2 is 1.05 bits per heavy atom. The number of aromatic nitrogens is 2. The maximum atomic E-state index is 15.3. The number of benzene rings is 7. The van der Waals surface area contributed by atoms with Crippen LogP contribution in [0.2, 0.25) is 0 Å². The third-order valence-electron chi connectivity index (χ3n) is 12.6. The number of rotatable bonds is 7. The standard InChI is InChI=1S/C55H49N2O2PSi/c1-54(2,3)38-25-30-45(31-26-38)61(46-32-27-39(28-33-46)55(4,5)6)50-23-14-22-48-47-34-29-41(37-49(47)57(52(48)50)53-51(61)24-15-35-56-53)59-40-16-13-21-44(36-40)60(58,42-17-9-7-10-18-42)43-19-11-8-12-20-43/h7-37H,1-6H3. The molecule has 9 aromatic rings. The van der Waals surface area contributed by atoms with Gasteiger partial charge in [0, 0.05) is 38.9 Å². The van der Waals surface area contributed by atoms with Crippen LogP contribution in [0.4, 0.5) is 0 Å². The monoisotopic (exact) mass is 828 g/mol. The summed E-state index contributed by atoms with van der Waals surface area (Å²) >= 11 is 0. The molecule has 1 aliphatic heterocycles. The zero-order chi connectivity index (χ0) is 42.1. The molecule has 0 bridgehead atoms. The molecule has 61 heavy (non-hydrogen) atoms. The van der Waals surface area contributed by atoms with E-state index in [0.717, 1.165) is 32.6 Å². The minimum Gasteiger partial charge on any atom is -0.457 e. The summed E-state index contributed by atoms with van der Waals surface area (Å²) < 4.78 is 24.4. The fourth-order valence-corrected chi connectivity index (χ4v) is 17.2. The van der Waals surface area contributed by atoms with Gasteiger partial charge in [-0.1, -0.05) is 187 Å². The number of hydrogen-bond acceptors (Lipinski definition) is 3. The van der Waals surface area contributed by atoms with E-state index in [4.69, 9.17) is 9.72 Å². The van der Waals surface area contributed by atoms with Gasteiger partial charge in [0.1, 0.15) is 17.3 Å². The fourth-order valence-electron chi connectivity index (χ4n) is 9.48. The quantitative estimate of drug-likeness (QED) is 0.119. The van der Waals surface area contributed by atoms with E-state index in [-0.39, 0.29) is 10.8 Å². The van der Waals surface area contributed by atoms with E-state index in [2.05, 4.69) is 143 Å². The topological polar surface area (TPSA) is 44.1 Å². The summed E-state index contributed by atoms with van der Waals surface area (Å²) in [4.78, 5) is 5.26. The van der Waals surface area contributed by atoms with Crippen molar-refractivity contribution in [1.29, 1.82) is 0 Å². The highest BCUT2D eigenvalue weighted by Crippen LogP contribution is 2.44. The normalized spacial score (nSPS) is 13.6. The third-order valence-corrected chi connectivity index (χ3v) is 20.5. The van der Waals surface area contributed by atoms with Gasteiger partial charge in [-0.05, 0) is 73.0 Å². The molecule has 0 unspecified atom stereocenters. The van der Waals surface area contributed by atoms with Crippen LogP contribution in [0.25, 0.3) is 27.6 Å². The number of ether oxygens (including phenoxy) is 1. The first-order valence-electron chi connectivity index (χ1n) is 21.1. The molecule has 300 valence electrons. The summed E-state index contributed by atoms with van der Waals surface area (Å²) in [6.07, 6.45) is 1.93. The van der Waals surface area contributed by atoms with Crippen LogP contribution in [0.1, 0.15) is 52.7 Å². The molecule has 0 spiro atoms. The van der Waals surface area contributed by atoms with Crippen molar-refractivity contribution in [2.75, 3.05) is 0 Å². The van der Waals surface area contributed by atoms with Crippen LogP contribution in [0.15, 0.2) is 188 Å². The van der Waals surface area contributed by atoms with Crippen LogP contribution in [0.5, 0.6) is 11.5 Å². The molecular formula is C55H49N2O2PSi. The van der Waals surface area contributed by atoms with E-state index >= 15 is 4.57 Å². The molecule has 0 fully saturated rings. The first kappa shape index (κ1) is 38.9. The summed E-state index contributed by atoms with van der Waals surface area (Å²) in [7, 11) is -6.12. The highest BCUT2D eigenvalue weighted by Gasteiger charge is 2.48. The second-order valence-electron chi connectivity index (χ2n) is 18.4. The van der Waals surface area contributed by atoms with Crippen LogP contribution in [0.3, 0.4) is 0 Å². The SMILES string of the molecule is CC(C)(C)c1ccc([Si]2(c3ccc(C(C)(C)C)cc3)c3cccnc3-n3c4cc(Oc5cccc(P(=O)(c6ccccc6)c6ccccc6)c5)ccc4c4cccc2c43)cc1. The van der Waals surface area contributed by atoms with Gasteiger partial charge in [-0.15, -0.1) is 0 Å². The van der Waals surface area contributed by atoms with Gasteiger partial charge in [-0.3, -0.25) is 4.57 Å². The number of hydrogen-bond donors (Lipinski definition) is 0. The number of nitrogens with zero attached hydrogens (tertiary/aromatic N) is 2. The molecule has 6 heteroatoms. The Kier molecular flexibility index (Phi) is 9.21. The Balaban J connectivity index is 1.16. The van der Waals surface area contributed by atoms with Gasteiger partial charge in [-0.2, -0.15) is 0 Å². The van der Waals surface area contributed by atoms with E-state index in [1.165, 1.54) is 42.8 Å². The van der Waals surface area contributed by atoms with Crippen molar-refractivity contribution in [3.05, 3.63) is 199 Å². The Bertz CT molecular complexity index is 3040. The van der Waals surface area contributed by atoms with E-state index in [9.17, 15) is 0 Å². The van der Waals surface area contributed by atoms with E-state index < -0.39 is 15.2 Å². The fraction of sp³-hybridized carbons (Fsp3) is 0.145. The number of para-hydroxylation sites is 1. The lowest BCUT2D eigenvalue weighted by Gasteiger charge is -2.39. The second kappa shape index (κ2) is 14.4. The van der Waals surface area contributed by atoms with Crippen molar-refractivity contribution in [3.8, 4) is 17.3 Å². The molecule has 0 saturated carbocycles. The summed E-state index contributed by atoms with van der Waals surface area (Å²) in [6, 6.07) is 63.9. The lowest BCUT2D eigenvalue weighted by molar-refractivity contribution is 0.483. The van der Waals surface area contributed by atoms with Gasteiger partial charge < -0.3 is 9.30 Å². The molecule has 2 aromatic heterocycles. The van der Waals surface area contributed by atoms with Crippen molar-refractivity contribution in [2.24, 2.45) is 0 Å². The largest absolute Gasteiger partial charge is 0.457 e. The zero-order valence-electron chi connectivity index (χ0n) is 35.6. The van der Waals surface area contributed by atoms with Crippen molar-refractivity contribution in [3.63, 3.8) is 0 Å². The van der Waals surface area contributed by atoms with Crippen LogP contribution in [-0.4, -0.2) is 17.6 Å². The highest BCUT2D eigenvalue weighted by molar-refractivity contribution is 7.85. The van der Waals surface area contributed by atoms with Gasteiger partial charge in [0.05, 0.1) is 11.0 Å². The lowest BCUT2D eigenvalue weighted by atomic mass is 9.87. The zero-order valence-corrected chi connectivity index (χ0v) is 37.5.